The zero-order chi connectivity index (χ0) is 15.1. The van der Waals surface area contributed by atoms with Gasteiger partial charge in [0.1, 0.15) is 11.3 Å². The normalized spacial score (nSPS) is 11.1. The fourth-order valence-electron chi connectivity index (χ4n) is 2.41. The van der Waals surface area contributed by atoms with Crippen molar-refractivity contribution in [1.29, 1.82) is 0 Å². The van der Waals surface area contributed by atoms with Crippen molar-refractivity contribution in [2.75, 3.05) is 5.32 Å². The third-order valence-corrected chi connectivity index (χ3v) is 3.54. The zero-order valence-corrected chi connectivity index (χ0v) is 11.7. The summed E-state index contributed by atoms with van der Waals surface area (Å²) in [5.41, 5.74) is 3.44. The molecule has 0 aliphatic carbocycles. The molecule has 0 radical (unpaired) electrons. The minimum Gasteiger partial charge on any atom is -0.345 e. The van der Waals surface area contributed by atoms with Crippen molar-refractivity contribution in [3.8, 4) is 0 Å². The lowest BCUT2D eigenvalue weighted by Gasteiger charge is -2.06. The molecular weight excluding hydrogens is 280 g/mol. The van der Waals surface area contributed by atoms with E-state index in [4.69, 9.17) is 0 Å². The predicted molar refractivity (Wildman–Crippen MR) is 81.8 cm³/mol. The average Bonchev–Trinajstić information content (AvgIpc) is 3.14. The summed E-state index contributed by atoms with van der Waals surface area (Å²) >= 11 is 0. The Hall–Kier alpha value is -3.22. The fraction of sp³-hybridized carbons (Fsp3) is 0.0667. The first kappa shape index (κ1) is 12.5. The smallest absolute Gasteiger partial charge is 0.255 e. The van der Waals surface area contributed by atoms with Crippen molar-refractivity contribution in [1.82, 2.24) is 24.6 Å². The number of hydrogen-bond donors (Lipinski definition) is 2. The van der Waals surface area contributed by atoms with E-state index in [-0.39, 0.29) is 5.91 Å². The molecule has 3 aromatic heterocycles. The van der Waals surface area contributed by atoms with Gasteiger partial charge < -0.3 is 10.3 Å². The summed E-state index contributed by atoms with van der Waals surface area (Å²) in [4.78, 5) is 19.7. The lowest BCUT2D eigenvalue weighted by molar-refractivity contribution is 0.102. The van der Waals surface area contributed by atoms with E-state index in [9.17, 15) is 4.79 Å². The van der Waals surface area contributed by atoms with Crippen LogP contribution in [0.4, 0.5) is 5.69 Å². The maximum Gasteiger partial charge on any atom is 0.255 e. The SMILES string of the molecule is Cc1nnc2cc(C(=O)Nc3cccc4[nH]cnc34)ccn12. The standard InChI is InChI=1S/C15H12N6O/c1-9-19-20-13-7-10(5-6-21(9)13)15(22)18-12-4-2-3-11-14(12)17-8-16-11/h2-8H,1H3,(H,16,17)(H,18,22). The number of nitrogens with one attached hydrogen (secondary N) is 2. The highest BCUT2D eigenvalue weighted by molar-refractivity contribution is 6.08. The Morgan fingerprint density at radius 3 is 3.09 bits per heavy atom. The molecule has 7 nitrogen and oxygen atoms in total. The lowest BCUT2D eigenvalue weighted by atomic mass is 10.2. The fourth-order valence-corrected chi connectivity index (χ4v) is 2.41. The van der Waals surface area contributed by atoms with Crippen LogP contribution in [0.3, 0.4) is 0 Å². The van der Waals surface area contributed by atoms with Gasteiger partial charge in [0, 0.05) is 11.8 Å². The number of benzene rings is 1. The number of carbonyl (C=O) groups is 1. The molecule has 0 atom stereocenters. The van der Waals surface area contributed by atoms with Gasteiger partial charge in [-0.05, 0) is 31.2 Å². The van der Waals surface area contributed by atoms with Gasteiger partial charge in [0.15, 0.2) is 5.65 Å². The molecule has 4 aromatic rings. The van der Waals surface area contributed by atoms with Gasteiger partial charge in [-0.2, -0.15) is 0 Å². The average molecular weight is 292 g/mol. The molecule has 0 spiro atoms. The van der Waals surface area contributed by atoms with Gasteiger partial charge in [-0.3, -0.25) is 9.20 Å². The minimum absolute atomic E-state index is 0.210. The molecule has 22 heavy (non-hydrogen) atoms. The maximum atomic E-state index is 12.4. The number of para-hydroxylation sites is 1. The van der Waals surface area contributed by atoms with Gasteiger partial charge in [0.25, 0.3) is 5.91 Å². The van der Waals surface area contributed by atoms with E-state index < -0.39 is 0 Å². The highest BCUT2D eigenvalue weighted by Gasteiger charge is 2.11. The molecule has 108 valence electrons. The van der Waals surface area contributed by atoms with Gasteiger partial charge >= 0.3 is 0 Å². The molecular formula is C15H12N6O. The van der Waals surface area contributed by atoms with Crippen molar-refractivity contribution < 1.29 is 4.79 Å². The minimum atomic E-state index is -0.210. The number of hydrogen-bond acceptors (Lipinski definition) is 4. The quantitative estimate of drug-likeness (QED) is 0.592. The summed E-state index contributed by atoms with van der Waals surface area (Å²) in [5.74, 6) is 0.571. The molecule has 0 unspecified atom stereocenters. The molecule has 3 heterocycles. The topological polar surface area (TPSA) is 88.0 Å². The summed E-state index contributed by atoms with van der Waals surface area (Å²) in [6.45, 7) is 1.86. The Morgan fingerprint density at radius 1 is 1.27 bits per heavy atom. The van der Waals surface area contributed by atoms with Crippen LogP contribution in [0.25, 0.3) is 16.7 Å². The molecule has 0 bridgehead atoms. The summed E-state index contributed by atoms with van der Waals surface area (Å²) in [7, 11) is 0. The van der Waals surface area contributed by atoms with Crippen LogP contribution in [-0.4, -0.2) is 30.5 Å². The molecule has 1 amide bonds. The second kappa shape index (κ2) is 4.66. The molecule has 0 aliphatic heterocycles. The second-order valence-corrected chi connectivity index (χ2v) is 4.95. The summed E-state index contributed by atoms with van der Waals surface area (Å²) < 4.78 is 1.82. The van der Waals surface area contributed by atoms with Crippen LogP contribution >= 0.6 is 0 Å². The van der Waals surface area contributed by atoms with E-state index in [0.717, 1.165) is 16.9 Å². The predicted octanol–water partition coefficient (Wildman–Crippen LogP) is 2.17. The third kappa shape index (κ3) is 1.91. The van der Waals surface area contributed by atoms with E-state index in [1.54, 1.807) is 24.7 Å². The number of aromatic nitrogens is 5. The Bertz CT molecular complexity index is 1000. The van der Waals surface area contributed by atoms with Crippen LogP contribution in [0.15, 0.2) is 42.9 Å². The number of pyridine rings is 1. The number of fused-ring (bicyclic) bond motifs is 2. The van der Waals surface area contributed by atoms with Crippen molar-refractivity contribution in [3.05, 3.63) is 54.2 Å². The summed E-state index contributed by atoms with van der Waals surface area (Å²) in [6, 6.07) is 9.04. The van der Waals surface area contributed by atoms with E-state index in [1.165, 1.54) is 0 Å². The molecule has 2 N–H and O–H groups in total. The number of H-pyrrole nitrogens is 1. The number of carbonyl (C=O) groups excluding carboxylic acids is 1. The lowest BCUT2D eigenvalue weighted by Crippen LogP contribution is -2.12. The molecule has 0 aliphatic rings. The molecule has 0 fully saturated rings. The first-order chi connectivity index (χ1) is 10.7. The van der Waals surface area contributed by atoms with Gasteiger partial charge in [-0.1, -0.05) is 6.07 Å². The number of aromatic amines is 1. The Labute approximate surface area is 125 Å². The number of anilines is 1. The van der Waals surface area contributed by atoms with Crippen molar-refractivity contribution >= 4 is 28.3 Å². The summed E-state index contributed by atoms with van der Waals surface area (Å²) in [5, 5.41) is 10.9. The van der Waals surface area contributed by atoms with Crippen molar-refractivity contribution in [2.45, 2.75) is 6.92 Å². The zero-order valence-electron chi connectivity index (χ0n) is 11.7. The van der Waals surface area contributed by atoms with Crippen LogP contribution in [0, 0.1) is 6.92 Å². The van der Waals surface area contributed by atoms with Crippen LogP contribution < -0.4 is 5.32 Å². The highest BCUT2D eigenvalue weighted by atomic mass is 16.1. The van der Waals surface area contributed by atoms with E-state index >= 15 is 0 Å². The third-order valence-electron chi connectivity index (χ3n) is 3.54. The van der Waals surface area contributed by atoms with Gasteiger partial charge in [-0.25, -0.2) is 4.98 Å². The first-order valence-electron chi connectivity index (χ1n) is 6.77. The molecule has 0 saturated heterocycles. The van der Waals surface area contributed by atoms with Crippen molar-refractivity contribution in [3.63, 3.8) is 0 Å². The largest absolute Gasteiger partial charge is 0.345 e. The highest BCUT2D eigenvalue weighted by Crippen LogP contribution is 2.20. The Balaban J connectivity index is 1.69. The monoisotopic (exact) mass is 292 g/mol. The number of nitrogens with zero attached hydrogens (tertiary/aromatic N) is 4. The summed E-state index contributed by atoms with van der Waals surface area (Å²) in [6.07, 6.45) is 3.39. The van der Waals surface area contributed by atoms with Crippen LogP contribution in [-0.2, 0) is 0 Å². The van der Waals surface area contributed by atoms with Crippen LogP contribution in [0.5, 0.6) is 0 Å². The molecule has 1 aromatic carbocycles. The van der Waals surface area contributed by atoms with Gasteiger partial charge in [0.05, 0.1) is 17.5 Å². The molecule has 7 heteroatoms. The maximum absolute atomic E-state index is 12.4. The van der Waals surface area contributed by atoms with Crippen molar-refractivity contribution in [2.24, 2.45) is 0 Å². The first-order valence-corrected chi connectivity index (χ1v) is 6.77. The Kier molecular flexibility index (Phi) is 2.65. The van der Waals surface area contributed by atoms with Gasteiger partial charge in [-0.15, -0.1) is 10.2 Å². The van der Waals surface area contributed by atoms with E-state index in [2.05, 4.69) is 25.5 Å². The number of rotatable bonds is 2. The van der Waals surface area contributed by atoms with E-state index in [0.29, 0.717) is 16.9 Å². The van der Waals surface area contributed by atoms with E-state index in [1.807, 2.05) is 29.5 Å². The van der Waals surface area contributed by atoms with Crippen LogP contribution in [0.2, 0.25) is 0 Å². The molecule has 4 rings (SSSR count). The van der Waals surface area contributed by atoms with Gasteiger partial charge in [0.2, 0.25) is 0 Å². The Morgan fingerprint density at radius 2 is 2.18 bits per heavy atom. The number of amides is 1. The number of aryl methyl sites for hydroxylation is 1. The molecule has 0 saturated carbocycles. The number of imidazole rings is 1. The van der Waals surface area contributed by atoms with Crippen LogP contribution in [0.1, 0.15) is 16.2 Å². The second-order valence-electron chi connectivity index (χ2n) is 4.95.